The minimum Gasteiger partial charge on any atom is -0.370 e. The SMILES string of the molecule is CNC1(C)CCN(c2cc(Cl)cc(Cl)c2)C1. The third kappa shape index (κ3) is 2.45. The van der Waals surface area contributed by atoms with Gasteiger partial charge in [0.2, 0.25) is 0 Å². The average Bonchev–Trinajstić information content (AvgIpc) is 2.61. The standard InChI is InChI=1S/C12H16Cl2N2/c1-12(15-2)3-4-16(8-12)11-6-9(13)5-10(14)7-11/h5-7,15H,3-4,8H2,1-2H3. The number of nitrogens with zero attached hydrogens (tertiary/aromatic N) is 1. The molecule has 4 heteroatoms. The fourth-order valence-electron chi connectivity index (χ4n) is 2.11. The van der Waals surface area contributed by atoms with E-state index in [1.54, 1.807) is 6.07 Å². The molecule has 1 aromatic carbocycles. The molecule has 1 N–H and O–H groups in total. The second-order valence-electron chi connectivity index (χ2n) is 4.61. The van der Waals surface area contributed by atoms with Gasteiger partial charge in [0.25, 0.3) is 0 Å². The molecule has 1 unspecified atom stereocenters. The van der Waals surface area contributed by atoms with Gasteiger partial charge in [-0.3, -0.25) is 0 Å². The van der Waals surface area contributed by atoms with E-state index >= 15 is 0 Å². The van der Waals surface area contributed by atoms with Gasteiger partial charge in [-0.1, -0.05) is 23.2 Å². The highest BCUT2D eigenvalue weighted by Crippen LogP contribution is 2.30. The first-order valence-corrected chi connectivity index (χ1v) is 6.18. The molecule has 1 aliphatic heterocycles. The molecule has 1 heterocycles. The van der Waals surface area contributed by atoms with E-state index in [2.05, 4.69) is 17.1 Å². The molecule has 16 heavy (non-hydrogen) atoms. The quantitative estimate of drug-likeness (QED) is 0.877. The topological polar surface area (TPSA) is 15.3 Å². The summed E-state index contributed by atoms with van der Waals surface area (Å²) in [4.78, 5) is 2.31. The number of rotatable bonds is 2. The Kier molecular flexibility index (Phi) is 3.34. The van der Waals surface area contributed by atoms with Crippen LogP contribution in [0.2, 0.25) is 10.0 Å². The van der Waals surface area contributed by atoms with Gasteiger partial charge in [-0.2, -0.15) is 0 Å². The predicted octanol–water partition coefficient (Wildman–Crippen LogP) is 3.18. The van der Waals surface area contributed by atoms with Gasteiger partial charge in [0.05, 0.1) is 0 Å². The first-order valence-electron chi connectivity index (χ1n) is 5.42. The Morgan fingerprint density at radius 3 is 2.38 bits per heavy atom. The first kappa shape index (κ1) is 12.0. The summed E-state index contributed by atoms with van der Waals surface area (Å²) in [6.07, 6.45) is 1.13. The maximum atomic E-state index is 6.01. The van der Waals surface area contributed by atoms with Gasteiger partial charge >= 0.3 is 0 Å². The Balaban J connectivity index is 2.20. The van der Waals surface area contributed by atoms with E-state index in [1.165, 1.54) is 0 Å². The van der Waals surface area contributed by atoms with Crippen LogP contribution >= 0.6 is 23.2 Å². The van der Waals surface area contributed by atoms with E-state index in [1.807, 2.05) is 19.2 Å². The van der Waals surface area contributed by atoms with Gasteiger partial charge < -0.3 is 10.2 Å². The molecule has 0 amide bonds. The Bertz CT molecular complexity index is 374. The summed E-state index contributed by atoms with van der Waals surface area (Å²) < 4.78 is 0. The minimum absolute atomic E-state index is 0.189. The number of hydrogen-bond donors (Lipinski definition) is 1. The molecule has 88 valence electrons. The Morgan fingerprint density at radius 1 is 1.25 bits per heavy atom. The van der Waals surface area contributed by atoms with Crippen molar-refractivity contribution in [3.8, 4) is 0 Å². The smallest absolute Gasteiger partial charge is 0.0441 e. The van der Waals surface area contributed by atoms with Crippen molar-refractivity contribution in [2.24, 2.45) is 0 Å². The molecular formula is C12H16Cl2N2. The van der Waals surface area contributed by atoms with Crippen LogP contribution in [0.3, 0.4) is 0 Å². The zero-order chi connectivity index (χ0) is 11.8. The van der Waals surface area contributed by atoms with Gasteiger partial charge in [0.1, 0.15) is 0 Å². The van der Waals surface area contributed by atoms with E-state index in [4.69, 9.17) is 23.2 Å². The predicted molar refractivity (Wildman–Crippen MR) is 70.8 cm³/mol. The Hall–Kier alpha value is -0.440. The Morgan fingerprint density at radius 2 is 1.88 bits per heavy atom. The van der Waals surface area contributed by atoms with Crippen molar-refractivity contribution in [1.29, 1.82) is 0 Å². The van der Waals surface area contributed by atoms with Crippen molar-refractivity contribution in [2.45, 2.75) is 18.9 Å². The molecule has 2 rings (SSSR count). The lowest BCUT2D eigenvalue weighted by molar-refractivity contribution is 0.428. The van der Waals surface area contributed by atoms with Crippen LogP contribution in [0.15, 0.2) is 18.2 Å². The summed E-state index contributed by atoms with van der Waals surface area (Å²) in [5, 5.41) is 4.75. The summed E-state index contributed by atoms with van der Waals surface area (Å²) >= 11 is 12.0. The third-order valence-corrected chi connectivity index (χ3v) is 3.73. The molecule has 0 aliphatic carbocycles. The van der Waals surface area contributed by atoms with Crippen molar-refractivity contribution in [1.82, 2.24) is 5.32 Å². The van der Waals surface area contributed by atoms with E-state index in [9.17, 15) is 0 Å². The molecule has 0 aromatic heterocycles. The van der Waals surface area contributed by atoms with Crippen LogP contribution in [0, 0.1) is 0 Å². The average molecular weight is 259 g/mol. The van der Waals surface area contributed by atoms with Crippen molar-refractivity contribution in [2.75, 3.05) is 25.0 Å². The molecule has 1 aromatic rings. The van der Waals surface area contributed by atoms with Gasteiger partial charge in [-0.05, 0) is 38.6 Å². The summed E-state index contributed by atoms with van der Waals surface area (Å²) in [7, 11) is 2.01. The molecule has 0 spiro atoms. The molecule has 0 bridgehead atoms. The highest BCUT2D eigenvalue weighted by Gasteiger charge is 2.32. The summed E-state index contributed by atoms with van der Waals surface area (Å²) in [5.41, 5.74) is 1.30. The molecule has 1 saturated heterocycles. The van der Waals surface area contributed by atoms with Crippen LogP contribution < -0.4 is 10.2 Å². The van der Waals surface area contributed by atoms with Gasteiger partial charge in [-0.15, -0.1) is 0 Å². The number of anilines is 1. The highest BCUT2D eigenvalue weighted by molar-refractivity contribution is 6.35. The van der Waals surface area contributed by atoms with Gasteiger partial charge in [0, 0.05) is 34.4 Å². The number of nitrogens with one attached hydrogen (secondary N) is 1. The van der Waals surface area contributed by atoms with Crippen molar-refractivity contribution in [3.05, 3.63) is 28.2 Å². The zero-order valence-corrected chi connectivity index (χ0v) is 11.1. The lowest BCUT2D eigenvalue weighted by Gasteiger charge is -2.25. The van der Waals surface area contributed by atoms with Crippen molar-refractivity contribution >= 4 is 28.9 Å². The second-order valence-corrected chi connectivity index (χ2v) is 5.48. The number of hydrogen-bond acceptors (Lipinski definition) is 2. The zero-order valence-electron chi connectivity index (χ0n) is 9.56. The molecule has 1 atom stereocenters. The summed E-state index contributed by atoms with van der Waals surface area (Å²) in [6, 6.07) is 5.70. The normalized spacial score (nSPS) is 25.1. The molecule has 1 fully saturated rings. The lowest BCUT2D eigenvalue weighted by Crippen LogP contribution is -2.42. The first-order chi connectivity index (χ1) is 7.52. The molecular weight excluding hydrogens is 243 g/mol. The van der Waals surface area contributed by atoms with Crippen molar-refractivity contribution in [3.63, 3.8) is 0 Å². The molecule has 2 nitrogen and oxygen atoms in total. The highest BCUT2D eigenvalue weighted by atomic mass is 35.5. The number of benzene rings is 1. The maximum absolute atomic E-state index is 6.01. The van der Waals surface area contributed by atoms with E-state index in [0.717, 1.165) is 25.2 Å². The monoisotopic (exact) mass is 258 g/mol. The summed E-state index contributed by atoms with van der Waals surface area (Å²) in [6.45, 7) is 4.26. The molecule has 1 aliphatic rings. The van der Waals surface area contributed by atoms with Crippen LogP contribution in [-0.2, 0) is 0 Å². The second kappa shape index (κ2) is 4.44. The maximum Gasteiger partial charge on any atom is 0.0441 e. The number of likely N-dealkylation sites (N-methyl/N-ethyl adjacent to an activating group) is 1. The summed E-state index contributed by atoms with van der Waals surface area (Å²) in [5.74, 6) is 0. The fraction of sp³-hybridized carbons (Fsp3) is 0.500. The lowest BCUT2D eigenvalue weighted by atomic mass is 10.0. The van der Waals surface area contributed by atoms with Crippen LogP contribution in [0.4, 0.5) is 5.69 Å². The van der Waals surface area contributed by atoms with E-state index in [0.29, 0.717) is 10.0 Å². The fourth-order valence-corrected chi connectivity index (χ4v) is 2.62. The molecule has 0 saturated carbocycles. The Labute approximate surface area is 107 Å². The largest absolute Gasteiger partial charge is 0.370 e. The van der Waals surface area contributed by atoms with E-state index in [-0.39, 0.29) is 5.54 Å². The van der Waals surface area contributed by atoms with Crippen LogP contribution in [-0.4, -0.2) is 25.7 Å². The van der Waals surface area contributed by atoms with Crippen LogP contribution in [0.5, 0.6) is 0 Å². The molecule has 0 radical (unpaired) electrons. The van der Waals surface area contributed by atoms with E-state index < -0.39 is 0 Å². The third-order valence-electron chi connectivity index (χ3n) is 3.29. The minimum atomic E-state index is 0.189. The number of halogens is 2. The van der Waals surface area contributed by atoms with Gasteiger partial charge in [-0.25, -0.2) is 0 Å². The van der Waals surface area contributed by atoms with Crippen molar-refractivity contribution < 1.29 is 0 Å². The van der Waals surface area contributed by atoms with Crippen LogP contribution in [0.25, 0.3) is 0 Å². The van der Waals surface area contributed by atoms with Crippen LogP contribution in [0.1, 0.15) is 13.3 Å². The van der Waals surface area contributed by atoms with Gasteiger partial charge in [0.15, 0.2) is 0 Å².